The molecule has 0 aliphatic heterocycles. The van der Waals surface area contributed by atoms with Crippen molar-refractivity contribution in [3.05, 3.63) is 33.3 Å². The lowest BCUT2D eigenvalue weighted by atomic mass is 9.98. The van der Waals surface area contributed by atoms with Crippen LogP contribution >= 0.6 is 15.9 Å². The number of aryl methyl sites for hydroxylation is 1. The maximum atomic E-state index is 3.66. The Morgan fingerprint density at radius 3 is 2.53 bits per heavy atom. The molecule has 0 radical (unpaired) electrons. The predicted octanol–water partition coefficient (Wildman–Crippen LogP) is 3.36. The Hall–Kier alpha value is -0.340. The standard InChI is InChI=1S/C13H18BrN/c1-9-4-5-11(10(2)12(9)14)8-13(15-3)6-7-13/h4-5,15H,6-8H2,1-3H3. The van der Waals surface area contributed by atoms with Crippen LogP contribution in [0, 0.1) is 13.8 Å². The van der Waals surface area contributed by atoms with Crippen LogP contribution in [0.5, 0.6) is 0 Å². The van der Waals surface area contributed by atoms with Crippen molar-refractivity contribution >= 4 is 15.9 Å². The Labute approximate surface area is 100 Å². The highest BCUT2D eigenvalue weighted by Gasteiger charge is 2.41. The zero-order valence-corrected chi connectivity index (χ0v) is 11.2. The summed E-state index contributed by atoms with van der Waals surface area (Å²) in [6.07, 6.45) is 3.79. The summed E-state index contributed by atoms with van der Waals surface area (Å²) in [5.41, 5.74) is 4.60. The number of nitrogens with one attached hydrogen (secondary N) is 1. The van der Waals surface area contributed by atoms with Crippen molar-refractivity contribution in [2.75, 3.05) is 7.05 Å². The Kier molecular flexibility index (Phi) is 2.91. The molecule has 82 valence electrons. The van der Waals surface area contributed by atoms with E-state index in [9.17, 15) is 0 Å². The molecule has 0 heterocycles. The minimum absolute atomic E-state index is 0.402. The van der Waals surface area contributed by atoms with Crippen molar-refractivity contribution in [2.45, 2.75) is 38.6 Å². The van der Waals surface area contributed by atoms with Crippen molar-refractivity contribution in [3.8, 4) is 0 Å². The Morgan fingerprint density at radius 1 is 1.33 bits per heavy atom. The second-order valence-corrected chi connectivity index (χ2v) is 5.48. The van der Waals surface area contributed by atoms with Gasteiger partial charge in [-0.15, -0.1) is 0 Å². The zero-order valence-electron chi connectivity index (χ0n) is 9.65. The molecule has 15 heavy (non-hydrogen) atoms. The highest BCUT2D eigenvalue weighted by molar-refractivity contribution is 9.10. The number of halogens is 1. The molecular formula is C13H18BrN. The van der Waals surface area contributed by atoms with E-state index in [-0.39, 0.29) is 0 Å². The molecule has 1 fully saturated rings. The third-order valence-corrected chi connectivity index (χ3v) is 4.82. The first-order chi connectivity index (χ1) is 7.08. The highest BCUT2D eigenvalue weighted by Crippen LogP contribution is 2.39. The third-order valence-electron chi connectivity index (χ3n) is 3.60. The van der Waals surface area contributed by atoms with Crippen LogP contribution < -0.4 is 5.32 Å². The molecule has 2 heteroatoms. The van der Waals surface area contributed by atoms with E-state index in [1.54, 1.807) is 0 Å². The Morgan fingerprint density at radius 2 is 2.00 bits per heavy atom. The van der Waals surface area contributed by atoms with Gasteiger partial charge in [0, 0.05) is 10.0 Å². The first kappa shape index (κ1) is 11.2. The van der Waals surface area contributed by atoms with Gasteiger partial charge in [0.25, 0.3) is 0 Å². The molecule has 1 aliphatic carbocycles. The van der Waals surface area contributed by atoms with Crippen LogP contribution in [0.3, 0.4) is 0 Å². The van der Waals surface area contributed by atoms with Gasteiger partial charge in [-0.05, 0) is 56.8 Å². The average Bonchev–Trinajstić information content (AvgIpc) is 3.00. The minimum Gasteiger partial charge on any atom is -0.314 e. The monoisotopic (exact) mass is 267 g/mol. The molecular weight excluding hydrogens is 250 g/mol. The van der Waals surface area contributed by atoms with Crippen LogP contribution in [0.25, 0.3) is 0 Å². The second-order valence-electron chi connectivity index (χ2n) is 4.69. The minimum atomic E-state index is 0.402. The van der Waals surface area contributed by atoms with Crippen LogP contribution in [0.15, 0.2) is 16.6 Å². The van der Waals surface area contributed by atoms with Crippen molar-refractivity contribution in [3.63, 3.8) is 0 Å². The predicted molar refractivity (Wildman–Crippen MR) is 68.3 cm³/mol. The summed E-state index contributed by atoms with van der Waals surface area (Å²) in [5.74, 6) is 0. The number of likely N-dealkylation sites (N-methyl/N-ethyl adjacent to an activating group) is 1. The Balaban J connectivity index is 2.26. The number of hydrogen-bond acceptors (Lipinski definition) is 1. The van der Waals surface area contributed by atoms with Crippen molar-refractivity contribution < 1.29 is 0 Å². The second kappa shape index (κ2) is 3.91. The lowest BCUT2D eigenvalue weighted by molar-refractivity contribution is 0.547. The zero-order chi connectivity index (χ0) is 11.1. The topological polar surface area (TPSA) is 12.0 Å². The maximum absolute atomic E-state index is 3.66. The lowest BCUT2D eigenvalue weighted by Crippen LogP contribution is -2.29. The van der Waals surface area contributed by atoms with E-state index in [1.165, 1.54) is 34.0 Å². The van der Waals surface area contributed by atoms with E-state index in [0.29, 0.717) is 5.54 Å². The van der Waals surface area contributed by atoms with Crippen LogP contribution in [-0.2, 0) is 6.42 Å². The summed E-state index contributed by atoms with van der Waals surface area (Å²) in [6, 6.07) is 4.48. The fraction of sp³-hybridized carbons (Fsp3) is 0.538. The smallest absolute Gasteiger partial charge is 0.0236 e. The van der Waals surface area contributed by atoms with Gasteiger partial charge in [0.15, 0.2) is 0 Å². The third kappa shape index (κ3) is 2.11. The van der Waals surface area contributed by atoms with E-state index < -0.39 is 0 Å². The molecule has 1 aromatic carbocycles. The summed E-state index contributed by atoms with van der Waals surface area (Å²) in [6.45, 7) is 4.35. The fourth-order valence-electron chi connectivity index (χ4n) is 2.08. The number of hydrogen-bond donors (Lipinski definition) is 1. The van der Waals surface area contributed by atoms with Crippen LogP contribution in [0.1, 0.15) is 29.5 Å². The first-order valence-corrected chi connectivity index (χ1v) is 6.31. The molecule has 1 nitrogen and oxygen atoms in total. The highest BCUT2D eigenvalue weighted by atomic mass is 79.9. The normalized spacial score (nSPS) is 17.9. The van der Waals surface area contributed by atoms with Gasteiger partial charge >= 0.3 is 0 Å². The summed E-state index contributed by atoms with van der Waals surface area (Å²) < 4.78 is 1.27. The molecule has 0 unspecified atom stereocenters. The van der Waals surface area contributed by atoms with E-state index >= 15 is 0 Å². The van der Waals surface area contributed by atoms with Crippen LogP contribution in [0.4, 0.5) is 0 Å². The summed E-state index contributed by atoms with van der Waals surface area (Å²) in [5, 5.41) is 3.45. The Bertz CT molecular complexity index is 380. The molecule has 1 aliphatic rings. The van der Waals surface area contributed by atoms with Gasteiger partial charge in [0.05, 0.1) is 0 Å². The van der Waals surface area contributed by atoms with Crippen molar-refractivity contribution in [2.24, 2.45) is 0 Å². The van der Waals surface area contributed by atoms with E-state index in [1.807, 2.05) is 0 Å². The van der Waals surface area contributed by atoms with Gasteiger partial charge in [-0.25, -0.2) is 0 Å². The largest absolute Gasteiger partial charge is 0.314 e. The summed E-state index contributed by atoms with van der Waals surface area (Å²) >= 11 is 3.66. The van der Waals surface area contributed by atoms with Gasteiger partial charge in [-0.2, -0.15) is 0 Å². The summed E-state index contributed by atoms with van der Waals surface area (Å²) in [4.78, 5) is 0. The van der Waals surface area contributed by atoms with Gasteiger partial charge < -0.3 is 5.32 Å². The van der Waals surface area contributed by atoms with E-state index in [0.717, 1.165) is 6.42 Å². The van der Waals surface area contributed by atoms with Crippen molar-refractivity contribution in [1.82, 2.24) is 5.32 Å². The molecule has 0 saturated heterocycles. The molecule has 1 saturated carbocycles. The van der Waals surface area contributed by atoms with Crippen molar-refractivity contribution in [1.29, 1.82) is 0 Å². The van der Waals surface area contributed by atoms with E-state index in [4.69, 9.17) is 0 Å². The molecule has 0 bridgehead atoms. The van der Waals surface area contributed by atoms with Gasteiger partial charge in [0.2, 0.25) is 0 Å². The number of rotatable bonds is 3. The molecule has 0 atom stereocenters. The van der Waals surface area contributed by atoms with E-state index in [2.05, 4.69) is 54.3 Å². The fourth-order valence-corrected chi connectivity index (χ4v) is 2.47. The SMILES string of the molecule is CNC1(Cc2ccc(C)c(Br)c2C)CC1. The van der Waals surface area contributed by atoms with Gasteiger partial charge in [-0.1, -0.05) is 28.1 Å². The van der Waals surface area contributed by atoms with Gasteiger partial charge in [-0.3, -0.25) is 0 Å². The molecule has 2 rings (SSSR count). The molecule has 1 N–H and O–H groups in total. The maximum Gasteiger partial charge on any atom is 0.0236 e. The van der Waals surface area contributed by atoms with Crippen LogP contribution in [-0.4, -0.2) is 12.6 Å². The number of benzene rings is 1. The van der Waals surface area contributed by atoms with Crippen LogP contribution in [0.2, 0.25) is 0 Å². The quantitative estimate of drug-likeness (QED) is 0.886. The lowest BCUT2D eigenvalue weighted by Gasteiger charge is -2.17. The molecule has 0 aromatic heterocycles. The molecule has 1 aromatic rings. The average molecular weight is 268 g/mol. The summed E-state index contributed by atoms with van der Waals surface area (Å²) in [7, 11) is 2.07. The molecule has 0 spiro atoms. The first-order valence-electron chi connectivity index (χ1n) is 5.51. The molecule has 0 amide bonds. The van der Waals surface area contributed by atoms with Gasteiger partial charge in [0.1, 0.15) is 0 Å².